The van der Waals surface area contributed by atoms with E-state index < -0.39 is 0 Å². The Hall–Kier alpha value is -2.10. The second-order valence-corrected chi connectivity index (χ2v) is 7.30. The van der Waals surface area contributed by atoms with Crippen molar-refractivity contribution in [2.45, 2.75) is 65.7 Å². The van der Waals surface area contributed by atoms with Gasteiger partial charge in [0.25, 0.3) is 0 Å². The van der Waals surface area contributed by atoms with Crippen LogP contribution in [0.3, 0.4) is 0 Å². The molecule has 0 aliphatic heterocycles. The molecule has 4 heteroatoms. The van der Waals surface area contributed by atoms with Crippen molar-refractivity contribution in [3.05, 3.63) is 41.6 Å². The van der Waals surface area contributed by atoms with Crippen LogP contribution in [0.5, 0.6) is 5.88 Å². The van der Waals surface area contributed by atoms with E-state index in [4.69, 9.17) is 4.74 Å². The molecule has 0 aliphatic carbocycles. The predicted molar refractivity (Wildman–Crippen MR) is 96.8 cm³/mol. The lowest BCUT2D eigenvalue weighted by molar-refractivity contribution is -0.134. The Morgan fingerprint density at radius 3 is 2.42 bits per heavy atom. The number of aromatic nitrogens is 2. The molecule has 2 rings (SSSR count). The summed E-state index contributed by atoms with van der Waals surface area (Å²) >= 11 is 0. The van der Waals surface area contributed by atoms with Gasteiger partial charge in [-0.2, -0.15) is 5.10 Å². The van der Waals surface area contributed by atoms with Gasteiger partial charge in [-0.25, -0.2) is 4.68 Å². The summed E-state index contributed by atoms with van der Waals surface area (Å²) in [6.45, 7) is 10.5. The predicted octanol–water partition coefficient (Wildman–Crippen LogP) is 4.96. The largest absolute Gasteiger partial charge is 0.407 e. The van der Waals surface area contributed by atoms with E-state index in [2.05, 4.69) is 32.8 Å². The maximum Gasteiger partial charge on any atom is 0.312 e. The van der Waals surface area contributed by atoms with Crippen LogP contribution in [0.25, 0.3) is 5.69 Å². The quantitative estimate of drug-likeness (QED) is 0.556. The van der Waals surface area contributed by atoms with Crippen LogP contribution in [0, 0.1) is 6.92 Å². The minimum Gasteiger partial charge on any atom is -0.407 e. The maximum absolute atomic E-state index is 12.1. The van der Waals surface area contributed by atoms with Gasteiger partial charge in [0.2, 0.25) is 5.88 Å². The average molecular weight is 328 g/mol. The van der Waals surface area contributed by atoms with Gasteiger partial charge in [-0.1, -0.05) is 58.2 Å². The molecule has 1 heterocycles. The fourth-order valence-corrected chi connectivity index (χ4v) is 2.36. The molecular weight excluding hydrogens is 300 g/mol. The topological polar surface area (TPSA) is 44.1 Å². The normalized spacial score (nSPS) is 11.5. The molecule has 0 unspecified atom stereocenters. The monoisotopic (exact) mass is 328 g/mol. The minimum atomic E-state index is -0.197. The number of unbranched alkanes of at least 4 members (excludes halogenated alkanes) is 2. The summed E-state index contributed by atoms with van der Waals surface area (Å²) in [7, 11) is 0. The highest BCUT2D eigenvalue weighted by Gasteiger charge is 2.22. The first kappa shape index (κ1) is 18.2. The third kappa shape index (κ3) is 4.70. The molecule has 1 aromatic carbocycles. The fourth-order valence-electron chi connectivity index (χ4n) is 2.36. The minimum absolute atomic E-state index is 0.112. The zero-order valence-electron chi connectivity index (χ0n) is 15.4. The van der Waals surface area contributed by atoms with Gasteiger partial charge in [0.1, 0.15) is 0 Å². The van der Waals surface area contributed by atoms with Crippen LogP contribution in [0.15, 0.2) is 30.3 Å². The van der Waals surface area contributed by atoms with E-state index in [1.165, 1.54) is 5.56 Å². The number of carbonyl (C=O) groups excluding carboxylic acids is 1. The summed E-state index contributed by atoms with van der Waals surface area (Å²) in [5, 5.41) is 4.67. The van der Waals surface area contributed by atoms with Gasteiger partial charge in [-0.15, -0.1) is 0 Å². The summed E-state index contributed by atoms with van der Waals surface area (Å²) < 4.78 is 7.33. The van der Waals surface area contributed by atoms with Gasteiger partial charge in [0.15, 0.2) is 0 Å². The summed E-state index contributed by atoms with van der Waals surface area (Å²) in [6.07, 6.45) is 3.43. The first-order valence-electron chi connectivity index (χ1n) is 8.69. The van der Waals surface area contributed by atoms with Crippen molar-refractivity contribution in [2.24, 2.45) is 0 Å². The molecular formula is C20H28N2O2. The summed E-state index contributed by atoms with van der Waals surface area (Å²) in [4.78, 5) is 12.1. The molecule has 0 saturated carbocycles. The van der Waals surface area contributed by atoms with E-state index in [0.717, 1.165) is 30.6 Å². The number of ether oxygens (including phenoxy) is 1. The number of carbonyl (C=O) groups is 1. The number of aryl methyl sites for hydroxylation is 1. The van der Waals surface area contributed by atoms with Gasteiger partial charge in [-0.05, 0) is 25.5 Å². The SMILES string of the molecule is CCCCCC(=O)Oc1cc(C(C)(C)C)nn1-c1ccc(C)cc1. The van der Waals surface area contributed by atoms with Crippen LogP contribution in [0.4, 0.5) is 0 Å². The molecule has 0 amide bonds. The van der Waals surface area contributed by atoms with Crippen LogP contribution >= 0.6 is 0 Å². The number of benzene rings is 1. The molecule has 1 aromatic heterocycles. The number of hydrogen-bond donors (Lipinski definition) is 0. The van der Waals surface area contributed by atoms with E-state index in [-0.39, 0.29) is 11.4 Å². The van der Waals surface area contributed by atoms with E-state index >= 15 is 0 Å². The molecule has 2 aromatic rings. The molecule has 0 aliphatic rings. The van der Waals surface area contributed by atoms with Crippen LogP contribution in [0.1, 0.15) is 64.6 Å². The van der Waals surface area contributed by atoms with Crippen molar-refractivity contribution >= 4 is 5.97 Å². The lowest BCUT2D eigenvalue weighted by Gasteiger charge is -2.13. The van der Waals surface area contributed by atoms with Gasteiger partial charge in [-0.3, -0.25) is 4.79 Å². The Kier molecular flexibility index (Phi) is 5.81. The van der Waals surface area contributed by atoms with Crippen molar-refractivity contribution in [1.82, 2.24) is 9.78 Å². The van der Waals surface area contributed by atoms with Gasteiger partial charge >= 0.3 is 5.97 Å². The maximum atomic E-state index is 12.1. The standard InChI is InChI=1S/C20H28N2O2/c1-6-7-8-9-19(23)24-18-14-17(20(3,4)5)21-22(18)16-12-10-15(2)11-13-16/h10-14H,6-9H2,1-5H3. The van der Waals surface area contributed by atoms with E-state index in [1.54, 1.807) is 4.68 Å². The molecule has 0 saturated heterocycles. The molecule has 0 N–H and O–H groups in total. The number of rotatable bonds is 6. The molecule has 0 atom stereocenters. The van der Waals surface area contributed by atoms with E-state index in [9.17, 15) is 4.79 Å². The number of esters is 1. The van der Waals surface area contributed by atoms with E-state index in [0.29, 0.717) is 12.3 Å². The number of hydrogen-bond acceptors (Lipinski definition) is 3. The van der Waals surface area contributed by atoms with Crippen LogP contribution in [-0.4, -0.2) is 15.7 Å². The molecule has 0 radical (unpaired) electrons. The van der Waals surface area contributed by atoms with Crippen molar-refractivity contribution in [1.29, 1.82) is 0 Å². The van der Waals surface area contributed by atoms with Crippen molar-refractivity contribution in [2.75, 3.05) is 0 Å². The highest BCUT2D eigenvalue weighted by atomic mass is 16.5. The summed E-state index contributed by atoms with van der Waals surface area (Å²) in [6, 6.07) is 9.91. The van der Waals surface area contributed by atoms with E-state index in [1.807, 2.05) is 37.3 Å². The Morgan fingerprint density at radius 2 is 1.83 bits per heavy atom. The molecule has 24 heavy (non-hydrogen) atoms. The number of nitrogens with zero attached hydrogens (tertiary/aromatic N) is 2. The highest BCUT2D eigenvalue weighted by Crippen LogP contribution is 2.28. The lowest BCUT2D eigenvalue weighted by Crippen LogP contribution is -2.13. The van der Waals surface area contributed by atoms with Crippen LogP contribution < -0.4 is 4.74 Å². The summed E-state index contributed by atoms with van der Waals surface area (Å²) in [5.74, 6) is 0.294. The molecule has 0 bridgehead atoms. The van der Waals surface area contributed by atoms with Crippen molar-refractivity contribution in [3.8, 4) is 11.6 Å². The Morgan fingerprint density at radius 1 is 1.17 bits per heavy atom. The molecule has 0 fully saturated rings. The third-order valence-electron chi connectivity index (χ3n) is 3.93. The molecule has 130 valence electrons. The second-order valence-electron chi connectivity index (χ2n) is 7.30. The average Bonchev–Trinajstić information content (AvgIpc) is 2.92. The highest BCUT2D eigenvalue weighted by molar-refractivity contribution is 5.72. The zero-order valence-corrected chi connectivity index (χ0v) is 15.4. The van der Waals surface area contributed by atoms with Gasteiger partial charge in [0, 0.05) is 17.9 Å². The first-order chi connectivity index (χ1) is 11.3. The smallest absolute Gasteiger partial charge is 0.312 e. The van der Waals surface area contributed by atoms with Gasteiger partial charge < -0.3 is 4.74 Å². The molecule has 0 spiro atoms. The zero-order chi connectivity index (χ0) is 17.7. The third-order valence-corrected chi connectivity index (χ3v) is 3.93. The Bertz CT molecular complexity index is 679. The molecule has 4 nitrogen and oxygen atoms in total. The van der Waals surface area contributed by atoms with Crippen LogP contribution in [0.2, 0.25) is 0 Å². The van der Waals surface area contributed by atoms with Crippen molar-refractivity contribution in [3.63, 3.8) is 0 Å². The lowest BCUT2D eigenvalue weighted by atomic mass is 9.93. The first-order valence-corrected chi connectivity index (χ1v) is 8.69. The summed E-state index contributed by atoms with van der Waals surface area (Å²) in [5.41, 5.74) is 2.87. The van der Waals surface area contributed by atoms with Crippen LogP contribution in [-0.2, 0) is 10.2 Å². The Balaban J connectivity index is 2.29. The van der Waals surface area contributed by atoms with Gasteiger partial charge in [0.05, 0.1) is 11.4 Å². The Labute approximate surface area is 144 Å². The van der Waals surface area contributed by atoms with Crippen molar-refractivity contribution < 1.29 is 9.53 Å². The second kappa shape index (κ2) is 7.65. The fraction of sp³-hybridized carbons (Fsp3) is 0.500.